The Bertz CT molecular complexity index is 1440. The molecule has 2 heterocycles. The Morgan fingerprint density at radius 1 is 1.12 bits per heavy atom. The van der Waals surface area contributed by atoms with Crippen LogP contribution in [-0.2, 0) is 31.0 Å². The summed E-state index contributed by atoms with van der Waals surface area (Å²) in [5.74, 6) is -0.0161. The Hall–Kier alpha value is -3.91. The SMILES string of the molecule is C=CCN1CC[C@]23c4c5ccc(OC(C)=O)c4O[C@H]2[C@@H](N(C)C(=O)C=Cc2ccccc2)CC[C@@]3(OC(C)=O)[C@H]1C5. The molecule has 2 bridgehead atoms. The van der Waals surface area contributed by atoms with Crippen LogP contribution >= 0.6 is 0 Å². The highest BCUT2D eigenvalue weighted by molar-refractivity contribution is 5.92. The zero-order chi connectivity index (χ0) is 28.9. The molecule has 41 heavy (non-hydrogen) atoms. The monoisotopic (exact) mass is 556 g/mol. The molecule has 1 saturated carbocycles. The molecule has 0 N–H and O–H groups in total. The lowest BCUT2D eigenvalue weighted by Gasteiger charge is -2.65. The second-order valence-electron chi connectivity index (χ2n) is 11.6. The average molecular weight is 557 g/mol. The molecule has 6 rings (SSSR count). The van der Waals surface area contributed by atoms with Crippen LogP contribution < -0.4 is 9.47 Å². The summed E-state index contributed by atoms with van der Waals surface area (Å²) in [4.78, 5) is 42.5. The van der Waals surface area contributed by atoms with Gasteiger partial charge in [0.2, 0.25) is 5.91 Å². The van der Waals surface area contributed by atoms with Crippen LogP contribution in [0.4, 0.5) is 0 Å². The van der Waals surface area contributed by atoms with Crippen LogP contribution in [0.15, 0.2) is 61.2 Å². The van der Waals surface area contributed by atoms with Gasteiger partial charge >= 0.3 is 11.9 Å². The largest absolute Gasteiger partial charge is 0.483 e. The maximum Gasteiger partial charge on any atom is 0.308 e. The first-order valence-corrected chi connectivity index (χ1v) is 14.3. The highest BCUT2D eigenvalue weighted by atomic mass is 16.6. The van der Waals surface area contributed by atoms with Crippen molar-refractivity contribution >= 4 is 23.9 Å². The minimum Gasteiger partial charge on any atom is -0.483 e. The molecule has 8 heteroatoms. The second-order valence-corrected chi connectivity index (χ2v) is 11.6. The van der Waals surface area contributed by atoms with Gasteiger partial charge in [0.15, 0.2) is 11.5 Å². The van der Waals surface area contributed by atoms with Crippen molar-refractivity contribution in [3.05, 3.63) is 77.9 Å². The van der Waals surface area contributed by atoms with Gasteiger partial charge in [0.05, 0.1) is 17.5 Å². The van der Waals surface area contributed by atoms with E-state index in [1.807, 2.05) is 55.6 Å². The number of hydrogen-bond donors (Lipinski definition) is 0. The Labute approximate surface area is 240 Å². The number of nitrogens with zero attached hydrogens (tertiary/aromatic N) is 2. The second kappa shape index (κ2) is 10.2. The normalized spacial score (nSPS) is 29.3. The maximum absolute atomic E-state index is 13.5. The van der Waals surface area contributed by atoms with E-state index in [-0.39, 0.29) is 24.0 Å². The molecule has 2 aliphatic carbocycles. The summed E-state index contributed by atoms with van der Waals surface area (Å²) in [6.45, 7) is 8.24. The Kier molecular flexibility index (Phi) is 6.77. The zero-order valence-corrected chi connectivity index (χ0v) is 23.8. The molecule has 1 saturated heterocycles. The van der Waals surface area contributed by atoms with E-state index < -0.39 is 23.1 Å². The quantitative estimate of drug-likeness (QED) is 0.220. The van der Waals surface area contributed by atoms with Crippen LogP contribution in [0.25, 0.3) is 6.08 Å². The molecule has 0 radical (unpaired) electrons. The molecule has 5 atom stereocenters. The van der Waals surface area contributed by atoms with Crippen molar-refractivity contribution in [3.8, 4) is 11.5 Å². The summed E-state index contributed by atoms with van der Waals surface area (Å²) >= 11 is 0. The number of likely N-dealkylation sites (N-methyl/N-ethyl adjacent to an activating group) is 1. The number of rotatable bonds is 7. The fourth-order valence-electron chi connectivity index (χ4n) is 8.06. The smallest absolute Gasteiger partial charge is 0.308 e. The molecule has 1 amide bonds. The third kappa shape index (κ3) is 4.10. The van der Waals surface area contributed by atoms with Gasteiger partial charge in [0, 0.05) is 45.6 Å². The van der Waals surface area contributed by atoms with Gasteiger partial charge in [-0.1, -0.05) is 42.5 Å². The van der Waals surface area contributed by atoms with Crippen molar-refractivity contribution in [2.75, 3.05) is 20.1 Å². The van der Waals surface area contributed by atoms with E-state index in [1.165, 1.54) is 13.8 Å². The molecule has 2 aromatic carbocycles. The minimum atomic E-state index is -0.863. The molecule has 0 unspecified atom stereocenters. The predicted octanol–water partition coefficient (Wildman–Crippen LogP) is 4.06. The van der Waals surface area contributed by atoms with Gasteiger partial charge < -0.3 is 19.1 Å². The fourth-order valence-corrected chi connectivity index (χ4v) is 8.06. The van der Waals surface area contributed by atoms with Gasteiger partial charge in [0.25, 0.3) is 0 Å². The number of esters is 2. The minimum absolute atomic E-state index is 0.0813. The van der Waals surface area contributed by atoms with E-state index >= 15 is 0 Å². The maximum atomic E-state index is 13.5. The number of likely N-dealkylation sites (tertiary alicyclic amines) is 1. The number of piperidine rings is 1. The van der Waals surface area contributed by atoms with Crippen LogP contribution in [0.5, 0.6) is 11.5 Å². The molecule has 0 aromatic heterocycles. The predicted molar refractivity (Wildman–Crippen MR) is 153 cm³/mol. The van der Waals surface area contributed by atoms with Gasteiger partial charge in [-0.3, -0.25) is 19.3 Å². The number of carbonyl (C=O) groups is 3. The van der Waals surface area contributed by atoms with Gasteiger partial charge in [0.1, 0.15) is 11.7 Å². The van der Waals surface area contributed by atoms with E-state index in [2.05, 4.69) is 11.5 Å². The van der Waals surface area contributed by atoms with Gasteiger partial charge in [-0.25, -0.2) is 0 Å². The Morgan fingerprint density at radius 3 is 2.61 bits per heavy atom. The first kappa shape index (κ1) is 27.3. The highest BCUT2D eigenvalue weighted by Crippen LogP contribution is 2.67. The molecular weight excluding hydrogens is 520 g/mol. The summed E-state index contributed by atoms with van der Waals surface area (Å²) in [7, 11) is 1.81. The lowest BCUT2D eigenvalue weighted by atomic mass is 9.48. The lowest BCUT2D eigenvalue weighted by molar-refractivity contribution is -0.222. The first-order chi connectivity index (χ1) is 19.7. The third-order valence-corrected chi connectivity index (χ3v) is 9.49. The van der Waals surface area contributed by atoms with Crippen LogP contribution in [-0.4, -0.2) is 71.6 Å². The van der Waals surface area contributed by atoms with Crippen LogP contribution in [0.2, 0.25) is 0 Å². The third-order valence-electron chi connectivity index (χ3n) is 9.49. The zero-order valence-electron chi connectivity index (χ0n) is 23.8. The first-order valence-electron chi connectivity index (χ1n) is 14.3. The number of hydrogen-bond acceptors (Lipinski definition) is 7. The van der Waals surface area contributed by atoms with E-state index in [4.69, 9.17) is 14.2 Å². The molecule has 214 valence electrons. The van der Waals surface area contributed by atoms with Crippen LogP contribution in [0.1, 0.15) is 49.8 Å². The molecule has 4 aliphatic rings. The summed E-state index contributed by atoms with van der Waals surface area (Å²) in [6.07, 6.45) is 7.30. The van der Waals surface area contributed by atoms with Crippen molar-refractivity contribution in [2.24, 2.45) is 0 Å². The van der Waals surface area contributed by atoms with E-state index in [9.17, 15) is 14.4 Å². The Morgan fingerprint density at radius 2 is 1.90 bits per heavy atom. The summed E-state index contributed by atoms with van der Waals surface area (Å²) < 4.78 is 18.9. The van der Waals surface area contributed by atoms with Crippen molar-refractivity contribution < 1.29 is 28.6 Å². The molecule has 8 nitrogen and oxygen atoms in total. The summed E-state index contributed by atoms with van der Waals surface area (Å²) in [6, 6.07) is 13.1. The van der Waals surface area contributed by atoms with Crippen molar-refractivity contribution in [1.82, 2.24) is 9.80 Å². The highest BCUT2D eigenvalue weighted by Gasteiger charge is 2.75. The molecule has 1 spiro atoms. The van der Waals surface area contributed by atoms with Gasteiger partial charge in [-0.15, -0.1) is 6.58 Å². The van der Waals surface area contributed by atoms with Gasteiger partial charge in [-0.05, 0) is 49.0 Å². The Balaban J connectivity index is 1.47. The fraction of sp³-hybridized carbons (Fsp3) is 0.424. The van der Waals surface area contributed by atoms with E-state index in [0.29, 0.717) is 43.7 Å². The number of benzene rings is 2. The van der Waals surface area contributed by atoms with Gasteiger partial charge in [-0.2, -0.15) is 0 Å². The topological polar surface area (TPSA) is 85.4 Å². The van der Waals surface area contributed by atoms with Crippen LogP contribution in [0, 0.1) is 0 Å². The van der Waals surface area contributed by atoms with Crippen molar-refractivity contribution in [3.63, 3.8) is 0 Å². The van der Waals surface area contributed by atoms with E-state index in [0.717, 1.165) is 23.2 Å². The van der Waals surface area contributed by atoms with E-state index in [1.54, 1.807) is 17.0 Å². The van der Waals surface area contributed by atoms with Crippen LogP contribution in [0.3, 0.4) is 0 Å². The standard InChI is InChI=1S/C33H36N2O6/c1-5-18-35-19-17-32-29-24-12-13-26(39-21(2)36)30(29)40-31(32)25(15-16-33(32,27(35)20-24)41-22(3)37)34(4)28(38)14-11-23-9-7-6-8-10-23/h5-14,25,27,31H,1,15-20H2,2-4H3/t25-,27+,31-,32-,33+/m0/s1. The van der Waals surface area contributed by atoms with Crippen molar-refractivity contribution in [2.45, 2.75) is 68.7 Å². The molecular formula is C33H36N2O6. The number of ether oxygens (including phenoxy) is 3. The lowest BCUT2D eigenvalue weighted by Crippen LogP contribution is -2.79. The summed E-state index contributed by atoms with van der Waals surface area (Å²) in [5.41, 5.74) is 1.43. The number of carbonyl (C=O) groups excluding carboxylic acids is 3. The molecule has 2 aliphatic heterocycles. The molecule has 2 fully saturated rings. The van der Waals surface area contributed by atoms with Crippen molar-refractivity contribution in [1.29, 1.82) is 0 Å². The molecule has 2 aromatic rings. The number of amides is 1. The average Bonchev–Trinajstić information content (AvgIpc) is 3.29. The summed E-state index contributed by atoms with van der Waals surface area (Å²) in [5, 5.41) is 0.